The van der Waals surface area contributed by atoms with Gasteiger partial charge in [0.2, 0.25) is 23.6 Å². The number of hydrogen-bond donors (Lipinski definition) is 29. The maximum Gasteiger partial charge on any atom is 0.217 e. The maximum absolute atomic E-state index is 13.0. The van der Waals surface area contributed by atoms with E-state index < -0.39 is 359 Å². The molecule has 9 heterocycles. The van der Waals surface area contributed by atoms with E-state index in [-0.39, 0.29) is 0 Å². The number of aliphatic hydroxyl groups excluding tert-OH is 25. The fourth-order valence-corrected chi connectivity index (χ4v) is 14.5. The van der Waals surface area contributed by atoms with Gasteiger partial charge in [-0.3, -0.25) is 19.2 Å². The van der Waals surface area contributed by atoms with Crippen molar-refractivity contribution in [3.8, 4) is 0 Å². The predicted molar refractivity (Wildman–Crippen MR) is 343 cm³/mol. The van der Waals surface area contributed by atoms with E-state index in [1.165, 1.54) is 0 Å². The molecule has 9 rings (SSSR count). The zero-order chi connectivity index (χ0) is 82.5. The van der Waals surface area contributed by atoms with Crippen LogP contribution in [-0.2, 0) is 99.7 Å². The second kappa shape index (κ2) is 40.3. The normalized spacial score (nSPS) is 48.9. The van der Waals surface area contributed by atoms with Gasteiger partial charge >= 0.3 is 0 Å². The van der Waals surface area contributed by atoms with Crippen molar-refractivity contribution in [1.29, 1.82) is 0 Å². The van der Waals surface area contributed by atoms with Crippen molar-refractivity contribution >= 4 is 23.6 Å². The van der Waals surface area contributed by atoms with Crippen LogP contribution in [0.5, 0.6) is 0 Å². The molecule has 0 aliphatic carbocycles. The lowest BCUT2D eigenvalue weighted by Crippen LogP contribution is -2.71. The average Bonchev–Trinajstić information content (AvgIpc) is 0.769. The lowest BCUT2D eigenvalue weighted by atomic mass is 9.93. The zero-order valence-electron chi connectivity index (χ0n) is 60.1. The van der Waals surface area contributed by atoms with Gasteiger partial charge in [0.25, 0.3) is 0 Å². The van der Waals surface area contributed by atoms with Gasteiger partial charge in [-0.2, -0.15) is 0 Å². The largest absolute Gasteiger partial charge is 0.394 e. The second-order valence-corrected chi connectivity index (χ2v) is 28.2. The standard InChI is InChI=1S/C62H104N4O46/c1-14(75)63-27-36(84)47(22(9-71)97-54(27)95)106-55-28(64-15(2)76)37(85)50(25(12-74)102-55)109-60-46(94)51(110-62-53(43(91)34(82)21(8-70)101-62)112-57-30(66-17(4)78)39(87)49(24(11-73)104-57)108-59-45(93)41(89)32(80)19(6-68)99-59)35(83)26(105-60)13-96-61-52(42(90)33(81)20(7-69)100-61)111-56-29(65-16(3)77)38(86)48(23(10-72)103-56)107-58-44(92)40(88)31(79)18(5-67)98-58/h18-62,67-74,79-95H,5-13H2,1-4H3,(H,63,75)(H,64,76)(H,65,77)(H,66,78)/t18-,19+,20+,21-,22+,23+,24-,25-,26+,27+,28-,29+,30-,31+,32-,33+,34-,35+,36+,37-,38+,39-,40+,41-,42-,43+,44-,45+,46-,47+,48+,49-,50-,51-,52-,53+,54+,55+,56-,57+,58+,59-,60-,61-,62-/m0/s1. The number of amides is 4. The van der Waals surface area contributed by atoms with Crippen LogP contribution in [0.1, 0.15) is 27.7 Å². The Hall–Kier alpha value is -3.80. The van der Waals surface area contributed by atoms with E-state index in [0.29, 0.717) is 0 Å². The van der Waals surface area contributed by atoms with Gasteiger partial charge < -0.3 is 229 Å². The van der Waals surface area contributed by atoms with Crippen molar-refractivity contribution in [2.45, 2.75) is 304 Å². The molecule has 0 aromatic carbocycles. The fourth-order valence-electron chi connectivity index (χ4n) is 14.5. The van der Waals surface area contributed by atoms with Crippen molar-refractivity contribution in [1.82, 2.24) is 21.3 Å². The summed E-state index contributed by atoms with van der Waals surface area (Å²) in [6, 6.07) is -7.42. The Morgan fingerprint density at radius 1 is 0.232 bits per heavy atom. The fraction of sp³-hybridized carbons (Fsp3) is 0.935. The van der Waals surface area contributed by atoms with Crippen molar-refractivity contribution in [2.24, 2.45) is 0 Å². The van der Waals surface area contributed by atoms with Gasteiger partial charge in [0, 0.05) is 27.7 Å². The monoisotopic (exact) mass is 1640 g/mol. The van der Waals surface area contributed by atoms with Gasteiger partial charge in [-0.15, -0.1) is 0 Å². The summed E-state index contributed by atoms with van der Waals surface area (Å²) in [7, 11) is 0. The van der Waals surface area contributed by atoms with E-state index >= 15 is 0 Å². The Labute approximate surface area is 634 Å². The summed E-state index contributed by atoms with van der Waals surface area (Å²) < 4.78 is 101. The molecule has 45 atom stereocenters. The molecule has 9 aliphatic rings. The topological polar surface area (TPSA) is 779 Å². The molecule has 0 spiro atoms. The molecule has 0 aromatic heterocycles. The number of nitrogens with one attached hydrogen (secondary N) is 4. The third kappa shape index (κ3) is 20.2. The Morgan fingerprint density at radius 2 is 0.482 bits per heavy atom. The van der Waals surface area contributed by atoms with Crippen LogP contribution in [0.2, 0.25) is 0 Å². The van der Waals surface area contributed by atoms with Crippen LogP contribution in [0, 0.1) is 0 Å². The number of aliphatic hydroxyl groups is 25. The first kappa shape index (κ1) is 92.1. The van der Waals surface area contributed by atoms with E-state index in [2.05, 4.69) is 21.3 Å². The van der Waals surface area contributed by atoms with Crippen molar-refractivity contribution in [3.05, 3.63) is 0 Å². The first-order valence-corrected chi connectivity index (χ1v) is 35.6. The summed E-state index contributed by atoms with van der Waals surface area (Å²) >= 11 is 0. The first-order valence-electron chi connectivity index (χ1n) is 35.6. The van der Waals surface area contributed by atoms with E-state index in [1.807, 2.05) is 0 Å². The number of hydrogen-bond acceptors (Lipinski definition) is 46. The van der Waals surface area contributed by atoms with Gasteiger partial charge in [0.05, 0.1) is 59.5 Å². The first-order chi connectivity index (χ1) is 53.0. The Balaban J connectivity index is 1.05. The third-order valence-electron chi connectivity index (χ3n) is 20.4. The van der Waals surface area contributed by atoms with Gasteiger partial charge in [0.1, 0.15) is 219 Å². The SMILES string of the molecule is CC(=O)N[C@@H]1[C@@H](O[C@H]2[C@H](O)[C@@H](NC(C)=O)[C@H](O)O[C@@H]2CO)O[C@@H](CO)[C@H](O[C@@H]2O[C@H](CO[C@H]3O[C@H](CO)[C@@H](O)[C@H](O)[C@@H]3O[C@@H]3O[C@H](CO)[C@@H](O[C@H]4O[C@@H](CO)[C@@H](O)[C@@H](O)[C@@H]4O)[C@H](O)[C@H]3NC(C)=O)[C@@H](O)[C@H](O[C@@H]3O[C@@H](CO)[C@H](O)[C@@H](O)[C@H]3O[C@H]3O[C@@H](CO)[C@H](O[C@@H]4O[C@H](CO)[C@H](O)[C@H](O)[C@H]4O)[C@@H](O)[C@@H]3NC(C)=O)[C@@H]2O)[C@H]1O. The van der Waals surface area contributed by atoms with Gasteiger partial charge in [-0.1, -0.05) is 0 Å². The molecule has 0 saturated carbocycles. The van der Waals surface area contributed by atoms with Gasteiger partial charge in [-0.05, 0) is 0 Å². The van der Waals surface area contributed by atoms with E-state index in [4.69, 9.17) is 80.5 Å². The van der Waals surface area contributed by atoms with Gasteiger partial charge in [0.15, 0.2) is 56.6 Å². The molecule has 112 heavy (non-hydrogen) atoms. The molecule has 0 bridgehead atoms. The molecule has 9 saturated heterocycles. The summed E-state index contributed by atoms with van der Waals surface area (Å²) in [6.07, 6.45) is -85.1. The molecule has 648 valence electrons. The number of carbonyl (C=O) groups excluding carboxylic acids is 4. The summed E-state index contributed by atoms with van der Waals surface area (Å²) in [4.78, 5) is 50.9. The van der Waals surface area contributed by atoms with Gasteiger partial charge in [-0.25, -0.2) is 0 Å². The Bertz CT molecular complexity index is 2970. The van der Waals surface area contributed by atoms with E-state index in [0.717, 1.165) is 27.7 Å². The van der Waals surface area contributed by atoms with Crippen LogP contribution in [0.3, 0.4) is 0 Å². The van der Waals surface area contributed by atoms with Crippen LogP contribution in [0.4, 0.5) is 0 Å². The van der Waals surface area contributed by atoms with Crippen molar-refractivity contribution < 1.29 is 227 Å². The molecule has 50 heteroatoms. The highest BCUT2D eigenvalue weighted by atomic mass is 16.8. The summed E-state index contributed by atoms with van der Waals surface area (Å²) in [5.74, 6) is -3.62. The molecular weight excluding hydrogens is 1540 g/mol. The molecule has 50 nitrogen and oxygen atoms in total. The molecule has 0 unspecified atom stereocenters. The quantitative estimate of drug-likeness (QED) is 0.0331. The Kier molecular flexibility index (Phi) is 33.1. The minimum atomic E-state index is -2.57. The van der Waals surface area contributed by atoms with E-state index in [1.54, 1.807) is 0 Å². The summed E-state index contributed by atoms with van der Waals surface area (Å²) in [5.41, 5.74) is 0. The molecular formula is C62H104N4O46. The zero-order valence-corrected chi connectivity index (χ0v) is 60.1. The highest BCUT2D eigenvalue weighted by molar-refractivity contribution is 5.74. The van der Waals surface area contributed by atoms with Crippen LogP contribution in [0.15, 0.2) is 0 Å². The van der Waals surface area contributed by atoms with Crippen LogP contribution in [0.25, 0.3) is 0 Å². The summed E-state index contributed by atoms with van der Waals surface area (Å²) in [6.45, 7) is -6.01. The van der Waals surface area contributed by atoms with Crippen LogP contribution >= 0.6 is 0 Å². The number of ether oxygens (including phenoxy) is 17. The molecule has 0 radical (unpaired) electrons. The number of rotatable bonds is 29. The second-order valence-electron chi connectivity index (χ2n) is 28.2. The summed E-state index contributed by atoms with van der Waals surface area (Å²) in [5, 5.41) is 286. The molecule has 9 aliphatic heterocycles. The van der Waals surface area contributed by atoms with E-state index in [9.17, 15) is 147 Å². The molecule has 0 aromatic rings. The molecule has 9 fully saturated rings. The number of carbonyl (C=O) groups is 4. The lowest BCUT2D eigenvalue weighted by Gasteiger charge is -2.51. The van der Waals surface area contributed by atoms with Crippen LogP contribution < -0.4 is 21.3 Å². The minimum Gasteiger partial charge on any atom is -0.394 e. The Morgan fingerprint density at radius 3 is 0.830 bits per heavy atom. The molecule has 4 amide bonds. The van der Waals surface area contributed by atoms with Crippen molar-refractivity contribution in [2.75, 3.05) is 59.5 Å². The van der Waals surface area contributed by atoms with Crippen LogP contribution in [-0.4, -0.2) is 487 Å². The highest BCUT2D eigenvalue weighted by Gasteiger charge is 2.61. The molecule has 29 N–H and O–H groups in total. The smallest absolute Gasteiger partial charge is 0.217 e. The van der Waals surface area contributed by atoms with Crippen molar-refractivity contribution in [3.63, 3.8) is 0 Å². The predicted octanol–water partition coefficient (Wildman–Crippen LogP) is -20.1. The highest BCUT2D eigenvalue weighted by Crippen LogP contribution is 2.40. The third-order valence-corrected chi connectivity index (χ3v) is 20.4. The lowest BCUT2D eigenvalue weighted by molar-refractivity contribution is -0.399. The average molecular weight is 1640 g/mol. The maximum atomic E-state index is 13.0. The minimum absolute atomic E-state index is 0.788.